The summed E-state index contributed by atoms with van der Waals surface area (Å²) in [5.41, 5.74) is 2.02. The van der Waals surface area contributed by atoms with Crippen molar-refractivity contribution in [1.82, 2.24) is 9.55 Å². The van der Waals surface area contributed by atoms with E-state index in [1.165, 1.54) is 12.1 Å². The zero-order chi connectivity index (χ0) is 19.0. The van der Waals surface area contributed by atoms with Gasteiger partial charge in [-0.2, -0.15) is 0 Å². The van der Waals surface area contributed by atoms with Gasteiger partial charge in [-0.25, -0.2) is 4.98 Å². The highest BCUT2D eigenvalue weighted by Gasteiger charge is 2.16. The molecule has 26 heavy (non-hydrogen) atoms. The van der Waals surface area contributed by atoms with Crippen LogP contribution < -0.4 is 4.74 Å². The standard InChI is InChI=1S/C20H21Br2N2O2/c1-11(2)7-19-23-17-6-5-14(10-18(17)24(19)12(3)4)26-20-15(21)8-13(25)9-16(20)22/h5-6,8-12H,7H2,1-4H3. The van der Waals surface area contributed by atoms with Crippen LogP contribution in [0, 0.1) is 5.92 Å². The Morgan fingerprint density at radius 1 is 1.08 bits per heavy atom. The largest absolute Gasteiger partial charge is 0.455 e. The second-order valence-corrected chi connectivity index (χ2v) is 8.77. The number of imidazole rings is 1. The quantitative estimate of drug-likeness (QED) is 0.385. The summed E-state index contributed by atoms with van der Waals surface area (Å²) in [7, 11) is 0. The van der Waals surface area contributed by atoms with Crippen molar-refractivity contribution in [1.29, 1.82) is 0 Å². The molecule has 0 amide bonds. The van der Waals surface area contributed by atoms with Crippen LogP contribution in [0.5, 0.6) is 17.2 Å². The number of benzene rings is 2. The minimum atomic E-state index is -0.0808. The van der Waals surface area contributed by atoms with Crippen LogP contribution in [0.25, 0.3) is 11.0 Å². The third-order valence-electron chi connectivity index (χ3n) is 4.03. The van der Waals surface area contributed by atoms with Crippen molar-refractivity contribution in [3.05, 3.63) is 45.1 Å². The molecular formula is C20H21Br2N2O2. The number of halogens is 2. The molecule has 0 fully saturated rings. The topological polar surface area (TPSA) is 46.9 Å². The summed E-state index contributed by atoms with van der Waals surface area (Å²) < 4.78 is 9.57. The van der Waals surface area contributed by atoms with Crippen LogP contribution in [-0.4, -0.2) is 9.55 Å². The Kier molecular flexibility index (Phi) is 5.63. The van der Waals surface area contributed by atoms with Crippen molar-refractivity contribution < 1.29 is 9.84 Å². The van der Waals surface area contributed by atoms with E-state index in [1.807, 2.05) is 18.2 Å². The summed E-state index contributed by atoms with van der Waals surface area (Å²) in [4.78, 5) is 4.82. The number of aromatic nitrogens is 2. The molecule has 0 saturated carbocycles. The second kappa shape index (κ2) is 7.61. The van der Waals surface area contributed by atoms with Gasteiger partial charge in [0.2, 0.25) is 0 Å². The van der Waals surface area contributed by atoms with E-state index in [-0.39, 0.29) is 5.75 Å². The van der Waals surface area contributed by atoms with Gasteiger partial charge < -0.3 is 9.30 Å². The van der Waals surface area contributed by atoms with Crippen LogP contribution in [0.3, 0.4) is 0 Å². The number of nitrogens with zero attached hydrogens (tertiary/aromatic N) is 2. The van der Waals surface area contributed by atoms with Gasteiger partial charge in [0.05, 0.1) is 20.0 Å². The average molecular weight is 481 g/mol. The highest BCUT2D eigenvalue weighted by Crippen LogP contribution is 2.40. The fourth-order valence-electron chi connectivity index (χ4n) is 3.02. The summed E-state index contributed by atoms with van der Waals surface area (Å²) in [5, 5.41) is 11.6. The number of fused-ring (bicyclic) bond motifs is 1. The molecule has 0 bridgehead atoms. The first kappa shape index (κ1) is 19.2. The average Bonchev–Trinajstić information content (AvgIpc) is 2.87. The maximum atomic E-state index is 11.6. The Labute approximate surface area is 170 Å². The first-order chi connectivity index (χ1) is 12.3. The predicted octanol–water partition coefficient (Wildman–Crippen LogP) is 7.28. The number of hydrogen-bond acceptors (Lipinski definition) is 2. The van der Waals surface area contributed by atoms with E-state index in [0.29, 0.717) is 32.4 Å². The SMILES string of the molecule is CC(C)Cc1nc2ccc(Oc3c(Br)cc([O])cc3Br)cc2n1C(C)C. The number of rotatable bonds is 5. The van der Waals surface area contributed by atoms with Crippen LogP contribution in [0.2, 0.25) is 0 Å². The first-order valence-electron chi connectivity index (χ1n) is 8.61. The van der Waals surface area contributed by atoms with E-state index >= 15 is 0 Å². The molecule has 0 unspecified atom stereocenters. The van der Waals surface area contributed by atoms with E-state index in [9.17, 15) is 5.11 Å². The molecule has 0 aliphatic rings. The zero-order valence-electron chi connectivity index (χ0n) is 15.2. The lowest BCUT2D eigenvalue weighted by Gasteiger charge is -2.15. The zero-order valence-corrected chi connectivity index (χ0v) is 18.4. The Morgan fingerprint density at radius 2 is 1.73 bits per heavy atom. The fraction of sp³-hybridized carbons (Fsp3) is 0.350. The number of hydrogen-bond donors (Lipinski definition) is 0. The third-order valence-corrected chi connectivity index (χ3v) is 5.21. The molecule has 137 valence electrons. The minimum Gasteiger partial charge on any atom is -0.455 e. The fourth-order valence-corrected chi connectivity index (χ4v) is 4.33. The molecular weight excluding hydrogens is 460 g/mol. The molecule has 0 aliphatic carbocycles. The van der Waals surface area contributed by atoms with E-state index in [2.05, 4.69) is 64.1 Å². The Balaban J connectivity index is 2.05. The predicted molar refractivity (Wildman–Crippen MR) is 111 cm³/mol. The lowest BCUT2D eigenvalue weighted by Crippen LogP contribution is -2.08. The maximum Gasteiger partial charge on any atom is 0.181 e. The molecule has 2 aromatic carbocycles. The molecule has 0 saturated heterocycles. The van der Waals surface area contributed by atoms with Crippen LogP contribution >= 0.6 is 31.9 Å². The molecule has 0 aliphatic heterocycles. The van der Waals surface area contributed by atoms with Crippen LogP contribution in [0.1, 0.15) is 39.6 Å². The minimum absolute atomic E-state index is 0.0808. The third kappa shape index (κ3) is 3.91. The molecule has 0 N–H and O–H groups in total. The Bertz CT molecular complexity index is 925. The first-order valence-corrected chi connectivity index (χ1v) is 10.2. The van der Waals surface area contributed by atoms with Crippen LogP contribution in [0.4, 0.5) is 0 Å². The molecule has 4 nitrogen and oxygen atoms in total. The Hall–Kier alpha value is -1.53. The molecule has 3 rings (SSSR count). The second-order valence-electron chi connectivity index (χ2n) is 7.06. The van der Waals surface area contributed by atoms with Gasteiger partial charge in [-0.3, -0.25) is 5.11 Å². The molecule has 1 aromatic heterocycles. The van der Waals surface area contributed by atoms with Gasteiger partial charge in [0.25, 0.3) is 0 Å². The van der Waals surface area contributed by atoms with Crippen molar-refractivity contribution in [2.45, 2.75) is 40.2 Å². The van der Waals surface area contributed by atoms with E-state index in [4.69, 9.17) is 9.72 Å². The van der Waals surface area contributed by atoms with Gasteiger partial charge >= 0.3 is 0 Å². The van der Waals surface area contributed by atoms with Gasteiger partial charge in [0.15, 0.2) is 11.5 Å². The summed E-state index contributed by atoms with van der Waals surface area (Å²) in [6, 6.07) is 9.20. The monoisotopic (exact) mass is 479 g/mol. The Morgan fingerprint density at radius 3 is 2.31 bits per heavy atom. The van der Waals surface area contributed by atoms with Crippen molar-refractivity contribution in [3.8, 4) is 17.2 Å². The summed E-state index contributed by atoms with van der Waals surface area (Å²) in [6.45, 7) is 8.73. The van der Waals surface area contributed by atoms with Gasteiger partial charge in [0, 0.05) is 30.7 Å². The lowest BCUT2D eigenvalue weighted by atomic mass is 10.1. The smallest absolute Gasteiger partial charge is 0.181 e. The van der Waals surface area contributed by atoms with Crippen LogP contribution in [0.15, 0.2) is 39.3 Å². The normalized spacial score (nSPS) is 11.7. The summed E-state index contributed by atoms with van der Waals surface area (Å²) in [5.74, 6) is 2.85. The lowest BCUT2D eigenvalue weighted by molar-refractivity contribution is 0.353. The van der Waals surface area contributed by atoms with E-state index in [1.54, 1.807) is 0 Å². The highest BCUT2D eigenvalue weighted by molar-refractivity contribution is 9.11. The highest BCUT2D eigenvalue weighted by atomic mass is 79.9. The van der Waals surface area contributed by atoms with Crippen molar-refractivity contribution >= 4 is 42.9 Å². The van der Waals surface area contributed by atoms with Gasteiger partial charge in [0.1, 0.15) is 11.6 Å². The summed E-state index contributed by atoms with van der Waals surface area (Å²) >= 11 is 6.80. The van der Waals surface area contributed by atoms with E-state index in [0.717, 1.165) is 23.3 Å². The van der Waals surface area contributed by atoms with Gasteiger partial charge in [-0.1, -0.05) is 13.8 Å². The molecule has 1 radical (unpaired) electrons. The number of ether oxygens (including phenoxy) is 1. The molecule has 6 heteroatoms. The molecule has 1 heterocycles. The molecule has 0 atom stereocenters. The van der Waals surface area contributed by atoms with Gasteiger partial charge in [-0.15, -0.1) is 0 Å². The molecule has 3 aromatic rings. The van der Waals surface area contributed by atoms with Crippen molar-refractivity contribution in [2.24, 2.45) is 5.92 Å². The maximum absolute atomic E-state index is 11.6. The van der Waals surface area contributed by atoms with Crippen LogP contribution in [-0.2, 0) is 11.5 Å². The molecule has 0 spiro atoms. The van der Waals surface area contributed by atoms with E-state index < -0.39 is 0 Å². The van der Waals surface area contributed by atoms with Crippen molar-refractivity contribution in [3.63, 3.8) is 0 Å². The van der Waals surface area contributed by atoms with Gasteiger partial charge in [-0.05, 0) is 63.8 Å². The van der Waals surface area contributed by atoms with Crippen molar-refractivity contribution in [2.75, 3.05) is 0 Å². The summed E-state index contributed by atoms with van der Waals surface area (Å²) in [6.07, 6.45) is 0.936.